The van der Waals surface area contributed by atoms with Gasteiger partial charge in [-0.2, -0.15) is 0 Å². The van der Waals surface area contributed by atoms with Crippen LogP contribution in [0.4, 0.5) is 0 Å². The van der Waals surface area contributed by atoms with Gasteiger partial charge in [0.2, 0.25) is 0 Å². The standard InChI is InChI=1S/C16H22N4O/c1-20(2)11-8-6-10(7-9-11)16-18-13-5-3-4-12(15(17)21)14(13)19-16/h3-5,10-11H,6-9H2,1-2H3,(H2,17,21)(H,18,19)/t10-,11-. The molecule has 1 saturated carbocycles. The van der Waals surface area contributed by atoms with Gasteiger partial charge in [-0.05, 0) is 51.9 Å². The molecule has 0 bridgehead atoms. The number of primary amides is 1. The molecule has 1 aliphatic carbocycles. The second-order valence-corrected chi connectivity index (χ2v) is 6.16. The van der Waals surface area contributed by atoms with E-state index >= 15 is 0 Å². The minimum Gasteiger partial charge on any atom is -0.366 e. The highest BCUT2D eigenvalue weighted by atomic mass is 16.1. The Kier molecular flexibility index (Phi) is 3.68. The molecule has 1 amide bonds. The molecular formula is C16H22N4O. The highest BCUT2D eigenvalue weighted by Crippen LogP contribution is 2.34. The van der Waals surface area contributed by atoms with E-state index in [0.717, 1.165) is 29.7 Å². The molecule has 1 aromatic heterocycles. The third-order valence-electron chi connectivity index (χ3n) is 4.62. The van der Waals surface area contributed by atoms with Gasteiger partial charge in [0.25, 0.3) is 5.91 Å². The van der Waals surface area contributed by atoms with Crippen LogP contribution in [0.15, 0.2) is 18.2 Å². The van der Waals surface area contributed by atoms with Gasteiger partial charge >= 0.3 is 0 Å². The number of nitrogens with one attached hydrogen (secondary N) is 1. The van der Waals surface area contributed by atoms with Crippen LogP contribution in [0.3, 0.4) is 0 Å². The van der Waals surface area contributed by atoms with Crippen molar-refractivity contribution >= 4 is 16.9 Å². The van der Waals surface area contributed by atoms with Crippen LogP contribution in [-0.2, 0) is 0 Å². The summed E-state index contributed by atoms with van der Waals surface area (Å²) in [5.41, 5.74) is 7.55. The molecule has 0 radical (unpaired) electrons. The summed E-state index contributed by atoms with van der Waals surface area (Å²) in [6.07, 6.45) is 4.65. The molecule has 112 valence electrons. The SMILES string of the molecule is CN(C)[C@H]1CC[C@H](c2nc3cccc(C(N)=O)c3[nH]2)CC1. The molecule has 3 rings (SSSR count). The largest absolute Gasteiger partial charge is 0.366 e. The smallest absolute Gasteiger partial charge is 0.250 e. The number of rotatable bonds is 3. The first-order chi connectivity index (χ1) is 10.1. The summed E-state index contributed by atoms with van der Waals surface area (Å²) in [7, 11) is 4.29. The Hall–Kier alpha value is -1.88. The van der Waals surface area contributed by atoms with Gasteiger partial charge in [0.1, 0.15) is 5.82 Å². The molecule has 0 unspecified atom stereocenters. The zero-order chi connectivity index (χ0) is 15.0. The van der Waals surface area contributed by atoms with E-state index in [-0.39, 0.29) is 0 Å². The lowest BCUT2D eigenvalue weighted by Gasteiger charge is -2.31. The molecule has 2 aromatic rings. The summed E-state index contributed by atoms with van der Waals surface area (Å²) in [5, 5.41) is 0. The summed E-state index contributed by atoms with van der Waals surface area (Å²) in [5.74, 6) is 1.04. The minimum atomic E-state index is -0.410. The van der Waals surface area contributed by atoms with Gasteiger partial charge < -0.3 is 15.6 Å². The number of carbonyl (C=O) groups is 1. The van der Waals surface area contributed by atoms with Crippen molar-refractivity contribution in [3.8, 4) is 0 Å². The average Bonchev–Trinajstić information content (AvgIpc) is 2.90. The van der Waals surface area contributed by atoms with E-state index in [1.54, 1.807) is 6.07 Å². The predicted molar refractivity (Wildman–Crippen MR) is 83.3 cm³/mol. The fraction of sp³-hybridized carbons (Fsp3) is 0.500. The van der Waals surface area contributed by atoms with Crippen LogP contribution in [0, 0.1) is 0 Å². The third kappa shape index (κ3) is 2.65. The van der Waals surface area contributed by atoms with E-state index in [0.29, 0.717) is 17.5 Å². The molecule has 1 heterocycles. The van der Waals surface area contributed by atoms with Crippen molar-refractivity contribution in [2.75, 3.05) is 14.1 Å². The number of fused-ring (bicyclic) bond motifs is 1. The van der Waals surface area contributed by atoms with Crippen molar-refractivity contribution in [2.45, 2.75) is 37.6 Å². The number of benzene rings is 1. The lowest BCUT2D eigenvalue weighted by molar-refractivity contribution is 0.100. The first kappa shape index (κ1) is 14.1. The Labute approximate surface area is 124 Å². The highest BCUT2D eigenvalue weighted by molar-refractivity contribution is 6.04. The Morgan fingerprint density at radius 2 is 2.00 bits per heavy atom. The van der Waals surface area contributed by atoms with Gasteiger partial charge in [-0.25, -0.2) is 4.98 Å². The molecule has 1 aliphatic rings. The molecule has 1 fully saturated rings. The minimum absolute atomic E-state index is 0.410. The zero-order valence-electron chi connectivity index (χ0n) is 12.6. The number of amides is 1. The van der Waals surface area contributed by atoms with Gasteiger partial charge in [0.15, 0.2) is 0 Å². The number of aromatic nitrogens is 2. The van der Waals surface area contributed by atoms with E-state index in [1.165, 1.54) is 12.8 Å². The molecular weight excluding hydrogens is 264 g/mol. The second kappa shape index (κ2) is 5.48. The van der Waals surface area contributed by atoms with Crippen molar-refractivity contribution in [3.05, 3.63) is 29.6 Å². The Morgan fingerprint density at radius 3 is 2.62 bits per heavy atom. The Bertz CT molecular complexity index is 653. The van der Waals surface area contributed by atoms with E-state index < -0.39 is 5.91 Å². The lowest BCUT2D eigenvalue weighted by atomic mass is 9.85. The number of imidazole rings is 1. The van der Waals surface area contributed by atoms with Gasteiger partial charge in [-0.15, -0.1) is 0 Å². The Balaban J connectivity index is 1.86. The topological polar surface area (TPSA) is 75.0 Å². The van der Waals surface area contributed by atoms with E-state index in [4.69, 9.17) is 5.73 Å². The fourth-order valence-corrected chi connectivity index (χ4v) is 3.31. The third-order valence-corrected chi connectivity index (χ3v) is 4.62. The summed E-state index contributed by atoms with van der Waals surface area (Å²) in [6, 6.07) is 6.17. The molecule has 1 aromatic carbocycles. The van der Waals surface area contributed by atoms with E-state index in [9.17, 15) is 4.79 Å². The number of hydrogen-bond donors (Lipinski definition) is 2. The van der Waals surface area contributed by atoms with Crippen molar-refractivity contribution in [1.29, 1.82) is 0 Å². The van der Waals surface area contributed by atoms with Crippen LogP contribution in [0.1, 0.15) is 47.8 Å². The number of nitrogens with zero attached hydrogens (tertiary/aromatic N) is 2. The van der Waals surface area contributed by atoms with Gasteiger partial charge in [0.05, 0.1) is 16.6 Å². The molecule has 5 heteroatoms. The summed E-state index contributed by atoms with van der Waals surface area (Å²) >= 11 is 0. The number of aromatic amines is 1. The van der Waals surface area contributed by atoms with E-state index in [1.807, 2.05) is 12.1 Å². The van der Waals surface area contributed by atoms with Crippen LogP contribution < -0.4 is 5.73 Å². The van der Waals surface area contributed by atoms with Crippen LogP contribution in [0.5, 0.6) is 0 Å². The van der Waals surface area contributed by atoms with Crippen molar-refractivity contribution < 1.29 is 4.79 Å². The van der Waals surface area contributed by atoms with Crippen molar-refractivity contribution in [2.24, 2.45) is 5.73 Å². The zero-order valence-corrected chi connectivity index (χ0v) is 12.6. The second-order valence-electron chi connectivity index (χ2n) is 6.16. The van der Waals surface area contributed by atoms with Crippen molar-refractivity contribution in [3.63, 3.8) is 0 Å². The molecule has 0 spiro atoms. The predicted octanol–water partition coefficient (Wildman–Crippen LogP) is 2.25. The molecule has 0 saturated heterocycles. The lowest BCUT2D eigenvalue weighted by Crippen LogP contribution is -2.31. The molecule has 21 heavy (non-hydrogen) atoms. The monoisotopic (exact) mass is 286 g/mol. The van der Waals surface area contributed by atoms with Gasteiger partial charge in [0, 0.05) is 12.0 Å². The maximum atomic E-state index is 11.5. The Morgan fingerprint density at radius 1 is 1.29 bits per heavy atom. The maximum absolute atomic E-state index is 11.5. The van der Waals surface area contributed by atoms with E-state index in [2.05, 4.69) is 29.0 Å². The first-order valence-electron chi connectivity index (χ1n) is 7.51. The summed E-state index contributed by atoms with van der Waals surface area (Å²) < 4.78 is 0. The van der Waals surface area contributed by atoms with Crippen LogP contribution in [-0.4, -0.2) is 40.9 Å². The number of hydrogen-bond acceptors (Lipinski definition) is 3. The number of H-pyrrole nitrogens is 1. The average molecular weight is 286 g/mol. The fourth-order valence-electron chi connectivity index (χ4n) is 3.31. The number of nitrogens with two attached hydrogens (primary N) is 1. The maximum Gasteiger partial charge on any atom is 0.250 e. The molecule has 0 atom stereocenters. The van der Waals surface area contributed by atoms with Crippen LogP contribution in [0.2, 0.25) is 0 Å². The number of carbonyl (C=O) groups excluding carboxylic acids is 1. The molecule has 0 aliphatic heterocycles. The summed E-state index contributed by atoms with van der Waals surface area (Å²) in [6.45, 7) is 0. The van der Waals surface area contributed by atoms with Gasteiger partial charge in [-0.3, -0.25) is 4.79 Å². The van der Waals surface area contributed by atoms with Crippen LogP contribution >= 0.6 is 0 Å². The highest BCUT2D eigenvalue weighted by Gasteiger charge is 2.26. The quantitative estimate of drug-likeness (QED) is 0.908. The normalized spacial score (nSPS) is 22.8. The number of para-hydroxylation sites is 1. The van der Waals surface area contributed by atoms with Crippen molar-refractivity contribution in [1.82, 2.24) is 14.9 Å². The summed E-state index contributed by atoms with van der Waals surface area (Å²) in [4.78, 5) is 21.8. The molecule has 5 nitrogen and oxygen atoms in total. The first-order valence-corrected chi connectivity index (χ1v) is 7.51. The van der Waals surface area contributed by atoms with Crippen LogP contribution in [0.25, 0.3) is 11.0 Å². The van der Waals surface area contributed by atoms with Gasteiger partial charge in [-0.1, -0.05) is 6.07 Å². The molecule has 3 N–H and O–H groups in total.